The SMILES string of the molecule is CCC1CCC(Nc2ccc3ncc(-c4cc5cccc(O)c5s4)n3n2)CC1. The second kappa shape index (κ2) is 7.09. The number of hydrogen-bond donors (Lipinski definition) is 2. The standard InChI is InChI=1S/C22H24N4OS/c1-2-14-6-8-16(9-7-14)24-20-10-11-21-23-13-17(26(21)25-20)19-12-15-4-3-5-18(27)22(15)28-19/h3-5,10-14,16,27H,2,6-9H2,1H3,(H,24,25). The van der Waals surface area contributed by atoms with E-state index < -0.39 is 0 Å². The summed E-state index contributed by atoms with van der Waals surface area (Å²) in [6.45, 7) is 2.29. The van der Waals surface area contributed by atoms with Crippen molar-refractivity contribution >= 4 is 32.9 Å². The smallest absolute Gasteiger partial charge is 0.154 e. The lowest BCUT2D eigenvalue weighted by molar-refractivity contribution is 0.329. The van der Waals surface area contributed by atoms with Crippen LogP contribution in [0.25, 0.3) is 26.3 Å². The number of nitrogens with zero attached hydrogens (tertiary/aromatic N) is 3. The molecule has 0 amide bonds. The highest BCUT2D eigenvalue weighted by atomic mass is 32.1. The molecule has 4 aromatic rings. The summed E-state index contributed by atoms with van der Waals surface area (Å²) in [6.07, 6.45) is 8.19. The topological polar surface area (TPSA) is 62.5 Å². The van der Waals surface area contributed by atoms with E-state index in [-0.39, 0.29) is 0 Å². The third kappa shape index (κ3) is 3.11. The van der Waals surface area contributed by atoms with Crippen LogP contribution in [0.15, 0.2) is 42.6 Å². The zero-order chi connectivity index (χ0) is 19.1. The Morgan fingerprint density at radius 1 is 1.18 bits per heavy atom. The molecule has 3 aromatic heterocycles. The predicted octanol–water partition coefficient (Wildman–Crippen LogP) is 5.70. The van der Waals surface area contributed by atoms with Gasteiger partial charge in [0.15, 0.2) is 5.65 Å². The lowest BCUT2D eigenvalue weighted by Gasteiger charge is -2.28. The number of fused-ring (bicyclic) bond motifs is 2. The molecule has 1 aliphatic rings. The maximum atomic E-state index is 10.1. The number of phenolic OH excluding ortho intramolecular Hbond substituents is 1. The quantitative estimate of drug-likeness (QED) is 0.468. The first-order chi connectivity index (χ1) is 13.7. The number of benzene rings is 1. The largest absolute Gasteiger partial charge is 0.506 e. The Morgan fingerprint density at radius 3 is 2.82 bits per heavy atom. The van der Waals surface area contributed by atoms with E-state index >= 15 is 0 Å². The van der Waals surface area contributed by atoms with Crippen LogP contribution in [0.5, 0.6) is 5.75 Å². The van der Waals surface area contributed by atoms with Gasteiger partial charge in [-0.25, -0.2) is 9.50 Å². The molecule has 1 aliphatic carbocycles. The fraction of sp³-hybridized carbons (Fsp3) is 0.364. The Hall–Kier alpha value is -2.60. The minimum Gasteiger partial charge on any atom is -0.506 e. The molecule has 0 spiro atoms. The molecule has 0 radical (unpaired) electrons. The normalized spacial score (nSPS) is 20.0. The number of thiophene rings is 1. The van der Waals surface area contributed by atoms with Gasteiger partial charge in [0.25, 0.3) is 0 Å². The van der Waals surface area contributed by atoms with Crippen molar-refractivity contribution in [2.75, 3.05) is 5.32 Å². The first kappa shape index (κ1) is 17.5. The Labute approximate surface area is 168 Å². The molecule has 0 bridgehead atoms. The van der Waals surface area contributed by atoms with Crippen LogP contribution in [0, 0.1) is 5.92 Å². The zero-order valence-electron chi connectivity index (χ0n) is 15.9. The van der Waals surface area contributed by atoms with Crippen LogP contribution >= 0.6 is 11.3 Å². The molecular weight excluding hydrogens is 368 g/mol. The van der Waals surface area contributed by atoms with Gasteiger partial charge in [0.05, 0.1) is 15.8 Å². The van der Waals surface area contributed by atoms with Crippen molar-refractivity contribution < 1.29 is 5.11 Å². The van der Waals surface area contributed by atoms with Gasteiger partial charge in [0.2, 0.25) is 0 Å². The van der Waals surface area contributed by atoms with E-state index in [9.17, 15) is 5.11 Å². The van der Waals surface area contributed by atoms with Crippen LogP contribution in [0.3, 0.4) is 0 Å². The van der Waals surface area contributed by atoms with Crippen molar-refractivity contribution in [1.29, 1.82) is 0 Å². The summed E-state index contributed by atoms with van der Waals surface area (Å²) in [6, 6.07) is 12.3. The van der Waals surface area contributed by atoms with Crippen LogP contribution in [-0.2, 0) is 0 Å². The summed E-state index contributed by atoms with van der Waals surface area (Å²) in [5.74, 6) is 2.11. The average molecular weight is 393 g/mol. The van der Waals surface area contributed by atoms with Gasteiger partial charge >= 0.3 is 0 Å². The fourth-order valence-electron chi connectivity index (χ4n) is 4.22. The molecule has 1 aromatic carbocycles. The molecule has 144 valence electrons. The molecule has 3 heterocycles. The molecule has 2 N–H and O–H groups in total. The lowest BCUT2D eigenvalue weighted by Crippen LogP contribution is -2.26. The van der Waals surface area contributed by atoms with Crippen LogP contribution in [-0.4, -0.2) is 25.7 Å². The number of rotatable bonds is 4. The average Bonchev–Trinajstić information content (AvgIpc) is 3.33. The van der Waals surface area contributed by atoms with Gasteiger partial charge in [-0.15, -0.1) is 16.4 Å². The van der Waals surface area contributed by atoms with E-state index in [1.807, 2.05) is 35.0 Å². The molecule has 1 saturated carbocycles. The van der Waals surface area contributed by atoms with Gasteiger partial charge < -0.3 is 10.4 Å². The van der Waals surface area contributed by atoms with Crippen LogP contribution in [0.4, 0.5) is 5.82 Å². The number of nitrogens with one attached hydrogen (secondary N) is 1. The van der Waals surface area contributed by atoms with Gasteiger partial charge in [-0.3, -0.25) is 0 Å². The van der Waals surface area contributed by atoms with Crippen LogP contribution in [0.2, 0.25) is 0 Å². The Bertz CT molecular complexity index is 1120. The van der Waals surface area contributed by atoms with Crippen LogP contribution in [0.1, 0.15) is 39.0 Å². The highest BCUT2D eigenvalue weighted by molar-refractivity contribution is 7.22. The first-order valence-electron chi connectivity index (χ1n) is 10.0. The van der Waals surface area contributed by atoms with Crippen molar-refractivity contribution in [3.63, 3.8) is 0 Å². The molecule has 5 rings (SSSR count). The summed E-state index contributed by atoms with van der Waals surface area (Å²) < 4.78 is 2.80. The van der Waals surface area contributed by atoms with Crippen molar-refractivity contribution in [2.45, 2.75) is 45.1 Å². The maximum absolute atomic E-state index is 10.1. The lowest BCUT2D eigenvalue weighted by atomic mass is 9.84. The van der Waals surface area contributed by atoms with E-state index in [2.05, 4.69) is 23.3 Å². The second-order valence-electron chi connectivity index (χ2n) is 7.71. The molecule has 0 unspecified atom stereocenters. The summed E-state index contributed by atoms with van der Waals surface area (Å²) in [7, 11) is 0. The van der Waals surface area contributed by atoms with Crippen molar-refractivity contribution in [2.24, 2.45) is 5.92 Å². The molecule has 0 saturated heterocycles. The highest BCUT2D eigenvalue weighted by Crippen LogP contribution is 2.38. The van der Waals surface area contributed by atoms with E-state index in [0.29, 0.717) is 11.8 Å². The number of anilines is 1. The van der Waals surface area contributed by atoms with Gasteiger partial charge in [-0.05, 0) is 61.3 Å². The van der Waals surface area contributed by atoms with E-state index in [1.165, 1.54) is 32.1 Å². The number of imidazole rings is 1. The summed E-state index contributed by atoms with van der Waals surface area (Å²) >= 11 is 1.57. The maximum Gasteiger partial charge on any atom is 0.154 e. The molecule has 6 heteroatoms. The van der Waals surface area contributed by atoms with Gasteiger partial charge in [-0.2, -0.15) is 0 Å². The Morgan fingerprint density at radius 2 is 2.04 bits per heavy atom. The minimum atomic E-state index is 0.320. The van der Waals surface area contributed by atoms with Crippen molar-refractivity contribution in [1.82, 2.24) is 14.6 Å². The molecule has 0 atom stereocenters. The zero-order valence-corrected chi connectivity index (χ0v) is 16.7. The first-order valence-corrected chi connectivity index (χ1v) is 10.9. The van der Waals surface area contributed by atoms with Crippen LogP contribution < -0.4 is 5.32 Å². The Balaban J connectivity index is 1.45. The van der Waals surface area contributed by atoms with Crippen molar-refractivity contribution in [3.8, 4) is 16.3 Å². The molecular formula is C22H24N4OS. The van der Waals surface area contributed by atoms with Gasteiger partial charge in [-0.1, -0.05) is 25.5 Å². The summed E-state index contributed by atoms with van der Waals surface area (Å²) in [4.78, 5) is 5.57. The third-order valence-electron chi connectivity index (χ3n) is 5.91. The highest BCUT2D eigenvalue weighted by Gasteiger charge is 2.20. The van der Waals surface area contributed by atoms with E-state index in [0.717, 1.165) is 38.0 Å². The summed E-state index contributed by atoms with van der Waals surface area (Å²) in [5, 5.41) is 19.6. The van der Waals surface area contributed by atoms with Gasteiger partial charge in [0, 0.05) is 6.04 Å². The fourth-order valence-corrected chi connectivity index (χ4v) is 5.28. The number of aromatic hydroxyl groups is 1. The monoisotopic (exact) mass is 392 g/mol. The van der Waals surface area contributed by atoms with E-state index in [4.69, 9.17) is 5.10 Å². The summed E-state index contributed by atoms with van der Waals surface area (Å²) in [5.41, 5.74) is 1.78. The molecule has 1 fully saturated rings. The minimum absolute atomic E-state index is 0.320. The second-order valence-corrected chi connectivity index (χ2v) is 8.76. The third-order valence-corrected chi connectivity index (χ3v) is 7.11. The molecule has 28 heavy (non-hydrogen) atoms. The number of phenols is 1. The number of aromatic nitrogens is 3. The Kier molecular flexibility index (Phi) is 4.43. The predicted molar refractivity (Wildman–Crippen MR) is 115 cm³/mol. The van der Waals surface area contributed by atoms with E-state index in [1.54, 1.807) is 17.4 Å². The van der Waals surface area contributed by atoms with Crippen molar-refractivity contribution in [3.05, 3.63) is 42.6 Å². The van der Waals surface area contributed by atoms with Gasteiger partial charge in [0.1, 0.15) is 17.3 Å². The number of hydrogen-bond acceptors (Lipinski definition) is 5. The molecule has 0 aliphatic heterocycles. The molecule has 5 nitrogen and oxygen atoms in total.